The first-order chi connectivity index (χ1) is 14.1. The Labute approximate surface area is 198 Å². The highest BCUT2D eigenvalue weighted by atomic mass is 127. The summed E-state index contributed by atoms with van der Waals surface area (Å²) in [6, 6.07) is 17.3. The summed E-state index contributed by atoms with van der Waals surface area (Å²) in [7, 11) is 5.93. The second kappa shape index (κ2) is 12.2. The van der Waals surface area contributed by atoms with Gasteiger partial charge in [-0.25, -0.2) is 0 Å². The molecule has 0 aliphatic carbocycles. The van der Waals surface area contributed by atoms with Crippen LogP contribution in [0.1, 0.15) is 35.6 Å². The van der Waals surface area contributed by atoms with Crippen LogP contribution in [0.2, 0.25) is 0 Å². The van der Waals surface area contributed by atoms with Crippen molar-refractivity contribution in [3.05, 3.63) is 65.2 Å². The van der Waals surface area contributed by atoms with Crippen LogP contribution in [-0.2, 0) is 11.3 Å². The molecule has 1 saturated heterocycles. The van der Waals surface area contributed by atoms with Gasteiger partial charge in [-0.1, -0.05) is 42.0 Å². The Balaban J connectivity index is 0.00000320. The first-order valence-corrected chi connectivity index (χ1v) is 10.5. The van der Waals surface area contributed by atoms with Crippen LogP contribution < -0.4 is 15.5 Å². The van der Waals surface area contributed by atoms with Crippen molar-refractivity contribution in [2.45, 2.75) is 32.4 Å². The highest BCUT2D eigenvalue weighted by molar-refractivity contribution is 14.0. The quantitative estimate of drug-likeness (QED) is 0.333. The van der Waals surface area contributed by atoms with Crippen molar-refractivity contribution in [3.63, 3.8) is 0 Å². The third-order valence-corrected chi connectivity index (χ3v) is 5.52. The molecule has 2 atom stereocenters. The van der Waals surface area contributed by atoms with E-state index in [9.17, 15) is 0 Å². The molecule has 6 heteroatoms. The molecule has 1 aliphatic heterocycles. The average Bonchev–Trinajstić information content (AvgIpc) is 2.75. The van der Waals surface area contributed by atoms with E-state index in [-0.39, 0.29) is 30.1 Å². The molecule has 30 heavy (non-hydrogen) atoms. The smallest absolute Gasteiger partial charge is 0.191 e. The molecule has 2 N–H and O–H groups in total. The van der Waals surface area contributed by atoms with Crippen LogP contribution in [0.4, 0.5) is 5.69 Å². The molecule has 1 fully saturated rings. The molecule has 5 nitrogen and oxygen atoms in total. The maximum atomic E-state index is 6.14. The number of hydrogen-bond donors (Lipinski definition) is 2. The molecule has 0 aromatic heterocycles. The van der Waals surface area contributed by atoms with Gasteiger partial charge in [0.15, 0.2) is 5.96 Å². The number of anilines is 1. The van der Waals surface area contributed by atoms with Crippen molar-refractivity contribution < 1.29 is 4.74 Å². The lowest BCUT2D eigenvalue weighted by Crippen LogP contribution is -2.41. The summed E-state index contributed by atoms with van der Waals surface area (Å²) < 4.78 is 6.14. The average molecular weight is 522 g/mol. The second-order valence-corrected chi connectivity index (χ2v) is 7.97. The van der Waals surface area contributed by atoms with Gasteiger partial charge in [0.2, 0.25) is 0 Å². The first kappa shape index (κ1) is 24.5. The molecule has 0 saturated carbocycles. The minimum Gasteiger partial charge on any atom is -0.378 e. The van der Waals surface area contributed by atoms with Gasteiger partial charge in [-0.05, 0) is 43.0 Å². The second-order valence-electron chi connectivity index (χ2n) is 7.97. The van der Waals surface area contributed by atoms with Crippen LogP contribution in [0.25, 0.3) is 0 Å². The van der Waals surface area contributed by atoms with Gasteiger partial charge >= 0.3 is 0 Å². The van der Waals surface area contributed by atoms with Crippen LogP contribution in [-0.4, -0.2) is 40.3 Å². The van der Waals surface area contributed by atoms with Crippen LogP contribution in [0, 0.1) is 12.8 Å². The molecule has 2 unspecified atom stereocenters. The summed E-state index contributed by atoms with van der Waals surface area (Å²) in [4.78, 5) is 6.49. The summed E-state index contributed by atoms with van der Waals surface area (Å²) in [6.45, 7) is 4.55. The molecule has 2 aromatic carbocycles. The third kappa shape index (κ3) is 6.87. The van der Waals surface area contributed by atoms with Crippen molar-refractivity contribution in [1.29, 1.82) is 0 Å². The molecule has 0 spiro atoms. The topological polar surface area (TPSA) is 48.9 Å². The molecule has 3 rings (SSSR count). The van der Waals surface area contributed by atoms with Gasteiger partial charge in [0, 0.05) is 52.4 Å². The molecular formula is C24H35IN4O. The van der Waals surface area contributed by atoms with Crippen LogP contribution >= 0.6 is 24.0 Å². The summed E-state index contributed by atoms with van der Waals surface area (Å²) in [5.74, 6) is 1.26. The van der Waals surface area contributed by atoms with E-state index in [0.717, 1.165) is 38.5 Å². The van der Waals surface area contributed by atoms with E-state index < -0.39 is 0 Å². The van der Waals surface area contributed by atoms with E-state index >= 15 is 0 Å². The molecule has 0 radical (unpaired) electrons. The maximum absolute atomic E-state index is 6.14. The zero-order valence-corrected chi connectivity index (χ0v) is 20.9. The number of hydrogen-bond acceptors (Lipinski definition) is 3. The predicted molar refractivity (Wildman–Crippen MR) is 137 cm³/mol. The Morgan fingerprint density at radius 3 is 2.40 bits per heavy atom. The van der Waals surface area contributed by atoms with Gasteiger partial charge < -0.3 is 20.3 Å². The van der Waals surface area contributed by atoms with Crippen molar-refractivity contribution in [2.75, 3.05) is 39.2 Å². The number of ether oxygens (including phenoxy) is 1. The highest BCUT2D eigenvalue weighted by Gasteiger charge is 2.27. The fourth-order valence-electron chi connectivity index (χ4n) is 3.72. The summed E-state index contributed by atoms with van der Waals surface area (Å²) in [5, 5.41) is 6.92. The van der Waals surface area contributed by atoms with Crippen molar-refractivity contribution in [2.24, 2.45) is 10.9 Å². The molecule has 0 bridgehead atoms. The number of benzene rings is 2. The van der Waals surface area contributed by atoms with E-state index in [2.05, 4.69) is 90.1 Å². The van der Waals surface area contributed by atoms with Gasteiger partial charge in [-0.3, -0.25) is 4.99 Å². The van der Waals surface area contributed by atoms with E-state index in [4.69, 9.17) is 4.74 Å². The standard InChI is InChI=1S/C24H34N4O.HI/c1-18-7-11-20(12-8-18)23-21(6-5-15-29-23)17-27-24(25-2)26-16-19-9-13-22(14-10-19)28(3)4;/h7-14,21,23H,5-6,15-17H2,1-4H3,(H2,25,26,27);1H. The number of halogens is 1. The molecular weight excluding hydrogens is 487 g/mol. The molecule has 0 amide bonds. The minimum absolute atomic E-state index is 0. The van der Waals surface area contributed by atoms with Gasteiger partial charge in [-0.15, -0.1) is 24.0 Å². The Bertz CT molecular complexity index is 790. The van der Waals surface area contributed by atoms with Crippen molar-refractivity contribution >= 4 is 35.6 Å². The number of aryl methyl sites for hydroxylation is 1. The number of nitrogens with one attached hydrogen (secondary N) is 2. The number of guanidine groups is 1. The monoisotopic (exact) mass is 522 g/mol. The van der Waals surface area contributed by atoms with Gasteiger partial charge in [0.05, 0.1) is 6.10 Å². The Hall–Kier alpha value is -1.80. The van der Waals surface area contributed by atoms with Crippen LogP contribution in [0.15, 0.2) is 53.5 Å². The summed E-state index contributed by atoms with van der Waals surface area (Å²) >= 11 is 0. The molecule has 1 heterocycles. The number of nitrogens with zero attached hydrogens (tertiary/aromatic N) is 2. The van der Waals surface area contributed by atoms with Gasteiger partial charge in [0.1, 0.15) is 0 Å². The van der Waals surface area contributed by atoms with Crippen molar-refractivity contribution in [1.82, 2.24) is 10.6 Å². The summed E-state index contributed by atoms with van der Waals surface area (Å²) in [6.07, 6.45) is 2.42. The molecule has 164 valence electrons. The van der Waals surface area contributed by atoms with Gasteiger partial charge in [-0.2, -0.15) is 0 Å². The van der Waals surface area contributed by atoms with E-state index in [1.54, 1.807) is 0 Å². The number of aliphatic imine (C=N–C) groups is 1. The lowest BCUT2D eigenvalue weighted by molar-refractivity contribution is -0.0265. The van der Waals surface area contributed by atoms with E-state index in [1.165, 1.54) is 22.4 Å². The summed E-state index contributed by atoms with van der Waals surface area (Å²) in [5.41, 5.74) is 4.99. The van der Waals surface area contributed by atoms with Gasteiger partial charge in [0.25, 0.3) is 0 Å². The SMILES string of the molecule is CN=C(NCc1ccc(N(C)C)cc1)NCC1CCCOC1c1ccc(C)cc1.I. The number of rotatable bonds is 6. The highest BCUT2D eigenvalue weighted by Crippen LogP contribution is 2.33. The third-order valence-electron chi connectivity index (χ3n) is 5.52. The first-order valence-electron chi connectivity index (χ1n) is 10.5. The fourth-order valence-corrected chi connectivity index (χ4v) is 3.72. The normalized spacial score (nSPS) is 19.0. The van der Waals surface area contributed by atoms with Crippen LogP contribution in [0.3, 0.4) is 0 Å². The maximum Gasteiger partial charge on any atom is 0.191 e. The molecule has 1 aliphatic rings. The largest absolute Gasteiger partial charge is 0.378 e. The van der Waals surface area contributed by atoms with Crippen molar-refractivity contribution in [3.8, 4) is 0 Å². The lowest BCUT2D eigenvalue weighted by Gasteiger charge is -2.32. The molecule has 2 aromatic rings. The lowest BCUT2D eigenvalue weighted by atomic mass is 9.89. The Morgan fingerprint density at radius 2 is 1.77 bits per heavy atom. The zero-order valence-electron chi connectivity index (χ0n) is 18.5. The minimum atomic E-state index is 0. The Morgan fingerprint density at radius 1 is 1.07 bits per heavy atom. The van der Waals surface area contributed by atoms with E-state index in [0.29, 0.717) is 5.92 Å². The predicted octanol–water partition coefficient (Wildman–Crippen LogP) is 4.51. The Kier molecular flexibility index (Phi) is 9.91. The fraction of sp³-hybridized carbons (Fsp3) is 0.458. The zero-order chi connectivity index (χ0) is 20.6. The van der Waals surface area contributed by atoms with E-state index in [1.807, 2.05) is 7.05 Å². The van der Waals surface area contributed by atoms with Crippen LogP contribution in [0.5, 0.6) is 0 Å².